The second-order valence-electron chi connectivity index (χ2n) is 2.36. The van der Waals surface area contributed by atoms with Crippen molar-refractivity contribution in [3.63, 3.8) is 0 Å². The van der Waals surface area contributed by atoms with Crippen LogP contribution in [0.25, 0.3) is 0 Å². The van der Waals surface area contributed by atoms with Crippen LogP contribution in [0.1, 0.15) is 93.9 Å². The highest BCUT2D eigenvalue weighted by molar-refractivity contribution is 5.60. The first-order valence-corrected chi connectivity index (χ1v) is 4.02. The predicted octanol–water partition coefficient (Wildman–Crippen LogP) is 3.81. The van der Waals surface area contributed by atoms with E-state index < -0.39 is 82.0 Å². The van der Waals surface area contributed by atoms with Crippen LogP contribution < -0.4 is 0 Å². The van der Waals surface area contributed by atoms with Gasteiger partial charge in [-0.1, -0.05) is 12.7 Å². The summed E-state index contributed by atoms with van der Waals surface area (Å²) in [5.74, 6) is 0. The Bertz CT molecular complexity index is 874. The van der Waals surface area contributed by atoms with E-state index >= 15 is 0 Å². The topological polar surface area (TPSA) is 35.5 Å². The van der Waals surface area contributed by atoms with Crippen LogP contribution in [0, 0.1) is 0 Å². The van der Waals surface area contributed by atoms with E-state index in [1.54, 1.807) is 0 Å². The van der Waals surface area contributed by atoms with Gasteiger partial charge < -0.3 is 9.47 Å². The fourth-order valence-electron chi connectivity index (χ4n) is 0.767. The van der Waals surface area contributed by atoms with Gasteiger partial charge in [0.15, 0.2) is 0 Å². The second-order valence-corrected chi connectivity index (χ2v) is 2.36. The average Bonchev–Trinajstić information content (AvgIpc) is 2.70. The highest BCUT2D eigenvalue weighted by Gasteiger charge is 2.22. The molecule has 0 amide bonds. The minimum absolute atomic E-state index is 2.79. The van der Waals surface area contributed by atoms with Crippen LogP contribution >= 0.6 is 0 Å². The normalized spacial score (nSPS) is 79.8. The predicted molar refractivity (Wildman–Crippen MR) is 61.3 cm³/mol. The molecule has 0 radical (unpaired) electrons. The van der Waals surface area contributed by atoms with Crippen LogP contribution in [0.15, 0.2) is 0 Å². The molecule has 0 aliphatic heterocycles. The Labute approximate surface area is 128 Å². The van der Waals surface area contributed by atoms with Gasteiger partial charge in [0.05, 0.1) is 2.74 Å². The molecule has 3 nitrogen and oxygen atoms in total. The van der Waals surface area contributed by atoms with E-state index in [2.05, 4.69) is 9.47 Å². The lowest BCUT2D eigenvalue weighted by Crippen LogP contribution is -2.26. The van der Waals surface area contributed by atoms with Gasteiger partial charge in [0.25, 0.3) is 0 Å². The number of carbonyl (C=O) groups excluding carboxylic acids is 1. The molecule has 2 rings (SSSR count). The van der Waals surface area contributed by atoms with Crippen molar-refractivity contribution in [2.75, 3.05) is 0 Å². The number of hydrogen-bond acceptors (Lipinski definition) is 3. The van der Waals surface area contributed by atoms with Crippen molar-refractivity contribution in [1.29, 1.82) is 0 Å². The van der Waals surface area contributed by atoms with E-state index in [1.807, 2.05) is 0 Å². The highest BCUT2D eigenvalue weighted by Crippen LogP contribution is 2.23. The van der Waals surface area contributed by atoms with E-state index in [1.165, 1.54) is 0 Å². The first-order valence-electron chi connectivity index (χ1n) is 15.0. The fraction of sp³-hybridized carbons (Fsp3) is 0.923. The van der Waals surface area contributed by atoms with Gasteiger partial charge >= 0.3 is 6.16 Å². The van der Waals surface area contributed by atoms with Crippen LogP contribution in [0.3, 0.4) is 0 Å². The standard InChI is InChI=1S/C13H22O3/c14-13(15-11-7-3-1-4-8-11)16-12-9-5-2-6-10-12/h11-12H,1-10H2/i1D2,2D2,3D2,4D2,5D2,6D2,7D2,8D2,9D2,10D2,11D,12D. The minimum Gasteiger partial charge on any atom is -0.431 e. The van der Waals surface area contributed by atoms with Gasteiger partial charge in [-0.05, 0) is 51.0 Å². The molecule has 0 aromatic rings. The molecule has 0 atom stereocenters. The monoisotopic (exact) mass is 248 g/mol. The zero-order valence-corrected chi connectivity index (χ0v) is 7.72. The first-order chi connectivity index (χ1) is 16.1. The SMILES string of the molecule is [2H]C1([2H])C([2H])([2H])C([2H])([2H])C([2H])(OC(=O)OC2([2H])C([2H])([2H])C([2H])([2H])C([2H])([2H])C([2H])([2H])C2([2H])[2H])C([2H])([2H])C1([2H])[2H]. The summed E-state index contributed by atoms with van der Waals surface area (Å²) in [5.41, 5.74) is 0. The van der Waals surface area contributed by atoms with Gasteiger partial charge in [-0.2, -0.15) is 0 Å². The van der Waals surface area contributed by atoms with Crippen LogP contribution in [0.5, 0.6) is 0 Å². The lowest BCUT2D eigenvalue weighted by atomic mass is 9.98. The molecular weight excluding hydrogens is 204 g/mol. The smallest absolute Gasteiger partial charge is 0.431 e. The maximum Gasteiger partial charge on any atom is 0.508 e. The van der Waals surface area contributed by atoms with Gasteiger partial charge in [-0.15, -0.1) is 0 Å². The van der Waals surface area contributed by atoms with Crippen molar-refractivity contribution < 1.29 is 44.4 Å². The summed E-state index contributed by atoms with van der Waals surface area (Å²) in [5, 5.41) is 0. The molecule has 0 aromatic heterocycles. The molecule has 2 fully saturated rings. The second kappa shape index (κ2) is 6.12. The quantitative estimate of drug-likeness (QED) is 0.697. The zero-order valence-electron chi connectivity index (χ0n) is 29.7. The lowest BCUT2D eigenvalue weighted by Gasteiger charge is -2.25. The van der Waals surface area contributed by atoms with E-state index in [0.717, 1.165) is 0 Å². The van der Waals surface area contributed by atoms with Crippen LogP contribution in [0.4, 0.5) is 4.79 Å². The maximum absolute atomic E-state index is 12.7. The number of ether oxygens (including phenoxy) is 2. The van der Waals surface area contributed by atoms with E-state index in [0.29, 0.717) is 0 Å². The summed E-state index contributed by atoms with van der Waals surface area (Å²) < 4.78 is 181. The molecule has 0 spiro atoms. The van der Waals surface area contributed by atoms with E-state index in [9.17, 15) is 4.79 Å². The van der Waals surface area contributed by atoms with Gasteiger partial charge in [0.1, 0.15) is 12.2 Å². The Morgan fingerprint density at radius 3 is 1.62 bits per heavy atom. The van der Waals surface area contributed by atoms with Gasteiger partial charge in [-0.25, -0.2) is 4.79 Å². The van der Waals surface area contributed by atoms with Gasteiger partial charge in [0.2, 0.25) is 0 Å². The van der Waals surface area contributed by atoms with E-state index in [-0.39, 0.29) is 0 Å². The molecule has 3 heteroatoms. The Kier molecular flexibility index (Phi) is 0.812. The van der Waals surface area contributed by atoms with Crippen molar-refractivity contribution in [2.24, 2.45) is 0 Å². The Morgan fingerprint density at radius 2 is 1.25 bits per heavy atom. The summed E-state index contributed by atoms with van der Waals surface area (Å²) in [6.45, 7) is 0. The molecule has 2 aliphatic carbocycles. The molecule has 0 heterocycles. The highest BCUT2D eigenvalue weighted by atomic mass is 16.7. The third-order valence-electron chi connectivity index (χ3n) is 1.32. The Hall–Kier alpha value is -0.730. The lowest BCUT2D eigenvalue weighted by molar-refractivity contribution is -0.0189. The minimum atomic E-state index is -4.44. The van der Waals surface area contributed by atoms with Gasteiger partial charge in [-0.3, -0.25) is 0 Å². The zero-order chi connectivity index (χ0) is 31.0. The molecule has 2 aliphatic rings. The van der Waals surface area contributed by atoms with Crippen molar-refractivity contribution in [3.8, 4) is 0 Å². The largest absolute Gasteiger partial charge is 0.508 e. The molecule has 0 unspecified atom stereocenters. The summed E-state index contributed by atoms with van der Waals surface area (Å²) in [7, 11) is 0. The molecule has 0 N–H and O–H groups in total. The molecule has 0 aromatic carbocycles. The van der Waals surface area contributed by atoms with Crippen molar-refractivity contribution in [1.82, 2.24) is 0 Å². The van der Waals surface area contributed by atoms with E-state index in [4.69, 9.17) is 30.2 Å². The molecule has 0 saturated heterocycles. The summed E-state index contributed by atoms with van der Waals surface area (Å²) in [6.07, 6.45) is -53.3. The van der Waals surface area contributed by atoms with Crippen LogP contribution in [-0.4, -0.2) is 18.3 Å². The number of rotatable bonds is 2. The fourth-order valence-corrected chi connectivity index (χ4v) is 0.767. The molecule has 2 saturated carbocycles. The average molecular weight is 248 g/mol. The summed E-state index contributed by atoms with van der Waals surface area (Å²) in [4.78, 5) is 12.7. The third-order valence-corrected chi connectivity index (χ3v) is 1.32. The third kappa shape index (κ3) is 3.69. The molecule has 92 valence electrons. The molecule has 0 bridgehead atoms. The van der Waals surface area contributed by atoms with Crippen LogP contribution in [-0.2, 0) is 9.47 Å². The number of carbonyl (C=O) groups is 1. The maximum atomic E-state index is 12.7. The van der Waals surface area contributed by atoms with Crippen molar-refractivity contribution in [2.45, 2.75) is 75.9 Å². The Balaban J connectivity index is 2.72. The van der Waals surface area contributed by atoms with Crippen molar-refractivity contribution in [3.05, 3.63) is 0 Å². The number of hydrogen-bond donors (Lipinski definition) is 0. The van der Waals surface area contributed by atoms with Crippen LogP contribution in [0.2, 0.25) is 0 Å². The Morgan fingerprint density at radius 1 is 0.875 bits per heavy atom. The summed E-state index contributed by atoms with van der Waals surface area (Å²) in [6, 6.07) is 0. The summed E-state index contributed by atoms with van der Waals surface area (Å²) >= 11 is 0. The van der Waals surface area contributed by atoms with Gasteiger partial charge in [0, 0.05) is 27.4 Å². The first kappa shape index (κ1) is 2.12. The molecular formula is C13H22O3. The molecule has 16 heavy (non-hydrogen) atoms. The van der Waals surface area contributed by atoms with Crippen molar-refractivity contribution >= 4 is 6.16 Å².